The van der Waals surface area contributed by atoms with Crippen molar-refractivity contribution in [1.82, 2.24) is 9.55 Å². The van der Waals surface area contributed by atoms with Crippen LogP contribution in [0.5, 0.6) is 0 Å². The van der Waals surface area contributed by atoms with Crippen molar-refractivity contribution in [1.29, 1.82) is 5.26 Å². The highest BCUT2D eigenvalue weighted by Gasteiger charge is 2.15. The lowest BCUT2D eigenvalue weighted by Crippen LogP contribution is -2.07. The molecular weight excluding hydrogens is 304 g/mol. The van der Waals surface area contributed by atoms with E-state index in [4.69, 9.17) is 0 Å². The van der Waals surface area contributed by atoms with Crippen LogP contribution in [-0.2, 0) is 13.0 Å². The van der Waals surface area contributed by atoms with Gasteiger partial charge in [-0.3, -0.25) is 10.1 Å². The molecule has 0 unspecified atom stereocenters. The molecule has 0 aliphatic heterocycles. The van der Waals surface area contributed by atoms with Gasteiger partial charge >= 0.3 is 0 Å². The van der Waals surface area contributed by atoms with Gasteiger partial charge in [0.2, 0.25) is 0 Å². The summed E-state index contributed by atoms with van der Waals surface area (Å²) in [4.78, 5) is 15.1. The zero-order valence-electron chi connectivity index (χ0n) is 12.8. The Kier molecular flexibility index (Phi) is 4.34. The summed E-state index contributed by atoms with van der Waals surface area (Å²) in [7, 11) is 0. The molecule has 3 aromatic rings. The van der Waals surface area contributed by atoms with Crippen LogP contribution in [0.25, 0.3) is 0 Å². The van der Waals surface area contributed by atoms with Crippen LogP contribution in [0, 0.1) is 21.4 Å². The maximum atomic E-state index is 11.2. The first kappa shape index (κ1) is 15.4. The van der Waals surface area contributed by atoms with Crippen LogP contribution >= 0.6 is 0 Å². The number of hydrogen-bond acceptors (Lipinski definition) is 4. The van der Waals surface area contributed by atoms with Gasteiger partial charge in [0, 0.05) is 30.4 Å². The molecule has 0 aliphatic rings. The van der Waals surface area contributed by atoms with E-state index in [-0.39, 0.29) is 10.6 Å². The summed E-state index contributed by atoms with van der Waals surface area (Å²) in [5.74, 6) is 0.719. The van der Waals surface area contributed by atoms with E-state index < -0.39 is 0 Å². The zero-order valence-corrected chi connectivity index (χ0v) is 12.8. The largest absolute Gasteiger partial charge is 0.330 e. The molecule has 0 saturated heterocycles. The van der Waals surface area contributed by atoms with Crippen molar-refractivity contribution in [3.05, 3.63) is 93.6 Å². The number of para-hydroxylation sites is 1. The Morgan fingerprint density at radius 1 is 1.12 bits per heavy atom. The summed E-state index contributed by atoms with van der Waals surface area (Å²) >= 11 is 0. The fourth-order valence-electron chi connectivity index (χ4n) is 2.61. The average Bonchev–Trinajstić information content (AvgIpc) is 3.02. The highest BCUT2D eigenvalue weighted by atomic mass is 16.6. The van der Waals surface area contributed by atoms with Gasteiger partial charge in [-0.05, 0) is 11.6 Å². The number of nitro groups is 1. The summed E-state index contributed by atoms with van der Waals surface area (Å²) in [5, 5.41) is 20.4. The molecule has 1 aromatic heterocycles. The van der Waals surface area contributed by atoms with Gasteiger partial charge in [-0.2, -0.15) is 5.26 Å². The van der Waals surface area contributed by atoms with Crippen molar-refractivity contribution in [2.24, 2.45) is 0 Å². The third kappa shape index (κ3) is 3.15. The fraction of sp³-hybridized carbons (Fsp3) is 0.111. The normalized spacial score (nSPS) is 10.3. The van der Waals surface area contributed by atoms with E-state index >= 15 is 0 Å². The molecule has 0 fully saturated rings. The lowest BCUT2D eigenvalue weighted by molar-refractivity contribution is -0.385. The Balaban J connectivity index is 1.90. The van der Waals surface area contributed by atoms with Gasteiger partial charge in [-0.25, -0.2) is 4.98 Å². The Bertz CT molecular complexity index is 925. The Morgan fingerprint density at radius 2 is 1.83 bits per heavy atom. The lowest BCUT2D eigenvalue weighted by atomic mass is 10.1. The first-order valence-electron chi connectivity index (χ1n) is 7.39. The Labute approximate surface area is 138 Å². The van der Waals surface area contributed by atoms with Gasteiger partial charge in [0.05, 0.1) is 23.1 Å². The van der Waals surface area contributed by atoms with E-state index in [9.17, 15) is 15.4 Å². The topological polar surface area (TPSA) is 84.8 Å². The van der Waals surface area contributed by atoms with Crippen molar-refractivity contribution in [2.75, 3.05) is 0 Å². The second-order valence-corrected chi connectivity index (χ2v) is 5.30. The maximum Gasteiger partial charge on any atom is 0.273 e. The molecule has 2 aromatic carbocycles. The van der Waals surface area contributed by atoms with Crippen molar-refractivity contribution >= 4 is 5.69 Å². The first-order chi connectivity index (χ1) is 11.7. The van der Waals surface area contributed by atoms with E-state index in [1.54, 1.807) is 30.5 Å². The van der Waals surface area contributed by atoms with Crippen LogP contribution in [-0.4, -0.2) is 14.5 Å². The van der Waals surface area contributed by atoms with Crippen molar-refractivity contribution in [2.45, 2.75) is 13.0 Å². The van der Waals surface area contributed by atoms with Crippen LogP contribution < -0.4 is 0 Å². The molecule has 0 amide bonds. The highest BCUT2D eigenvalue weighted by molar-refractivity contribution is 5.42. The number of nitro benzene ring substituents is 1. The molecule has 0 N–H and O–H groups in total. The summed E-state index contributed by atoms with van der Waals surface area (Å²) in [6, 6.07) is 16.2. The Hall–Kier alpha value is -3.46. The molecular formula is C18H14N4O2. The Morgan fingerprint density at radius 3 is 2.58 bits per heavy atom. The summed E-state index contributed by atoms with van der Waals surface area (Å²) in [5.41, 5.74) is 2.21. The van der Waals surface area contributed by atoms with E-state index in [1.807, 2.05) is 29.0 Å². The molecule has 0 atom stereocenters. The van der Waals surface area contributed by atoms with Crippen LogP contribution in [0.15, 0.2) is 60.9 Å². The van der Waals surface area contributed by atoms with Gasteiger partial charge < -0.3 is 4.57 Å². The molecule has 1 heterocycles. The molecule has 0 saturated carbocycles. The van der Waals surface area contributed by atoms with E-state index in [0.29, 0.717) is 24.1 Å². The second-order valence-electron chi connectivity index (χ2n) is 5.30. The molecule has 6 heteroatoms. The average molecular weight is 318 g/mol. The summed E-state index contributed by atoms with van der Waals surface area (Å²) in [6.45, 7) is 0.500. The number of nitriles is 1. The predicted octanol–water partition coefficient (Wildman–Crippen LogP) is 3.30. The molecule has 24 heavy (non-hydrogen) atoms. The lowest BCUT2D eigenvalue weighted by Gasteiger charge is -2.09. The van der Waals surface area contributed by atoms with Gasteiger partial charge in [0.15, 0.2) is 0 Å². The molecule has 0 bridgehead atoms. The highest BCUT2D eigenvalue weighted by Crippen LogP contribution is 2.21. The number of rotatable bonds is 5. The van der Waals surface area contributed by atoms with Crippen LogP contribution in [0.3, 0.4) is 0 Å². The van der Waals surface area contributed by atoms with Gasteiger partial charge in [0.1, 0.15) is 5.82 Å². The van der Waals surface area contributed by atoms with Gasteiger partial charge in [-0.15, -0.1) is 0 Å². The summed E-state index contributed by atoms with van der Waals surface area (Å²) in [6.07, 6.45) is 3.84. The van der Waals surface area contributed by atoms with Gasteiger partial charge in [0.25, 0.3) is 5.69 Å². The van der Waals surface area contributed by atoms with E-state index in [2.05, 4.69) is 11.1 Å². The maximum absolute atomic E-state index is 11.2. The third-order valence-electron chi connectivity index (χ3n) is 3.82. The molecule has 118 valence electrons. The van der Waals surface area contributed by atoms with Crippen molar-refractivity contribution in [3.8, 4) is 6.07 Å². The van der Waals surface area contributed by atoms with Crippen LogP contribution in [0.1, 0.15) is 22.5 Å². The quantitative estimate of drug-likeness (QED) is 0.533. The zero-order chi connectivity index (χ0) is 16.9. The van der Waals surface area contributed by atoms with Gasteiger partial charge in [-0.1, -0.05) is 36.4 Å². The monoisotopic (exact) mass is 318 g/mol. The number of aromatic nitrogens is 2. The minimum atomic E-state index is -0.381. The van der Waals surface area contributed by atoms with Crippen molar-refractivity contribution < 1.29 is 4.92 Å². The fourth-order valence-corrected chi connectivity index (χ4v) is 2.61. The first-order valence-corrected chi connectivity index (χ1v) is 7.39. The SMILES string of the molecule is N#Cc1ccccc1Cn1ccnc1Cc1ccccc1[N+](=O)[O-]. The van der Waals surface area contributed by atoms with E-state index in [0.717, 1.165) is 11.4 Å². The number of imidazole rings is 1. The van der Waals surface area contributed by atoms with Crippen LogP contribution in [0.2, 0.25) is 0 Å². The molecule has 0 aliphatic carbocycles. The minimum absolute atomic E-state index is 0.0875. The van der Waals surface area contributed by atoms with Crippen LogP contribution in [0.4, 0.5) is 5.69 Å². The summed E-state index contributed by atoms with van der Waals surface area (Å²) < 4.78 is 1.91. The number of nitrogens with zero attached hydrogens (tertiary/aromatic N) is 4. The molecule has 0 spiro atoms. The molecule has 6 nitrogen and oxygen atoms in total. The third-order valence-corrected chi connectivity index (χ3v) is 3.82. The number of hydrogen-bond donors (Lipinski definition) is 0. The predicted molar refractivity (Wildman–Crippen MR) is 88.4 cm³/mol. The van der Waals surface area contributed by atoms with Crippen molar-refractivity contribution in [3.63, 3.8) is 0 Å². The molecule has 3 rings (SSSR count). The molecule has 0 radical (unpaired) electrons. The van der Waals surface area contributed by atoms with E-state index in [1.165, 1.54) is 6.07 Å². The smallest absolute Gasteiger partial charge is 0.273 e. The number of benzene rings is 2. The standard InChI is InChI=1S/C18H14N4O2/c19-12-15-6-1-2-7-16(15)13-21-10-9-20-18(21)11-14-5-3-4-8-17(14)22(23)24/h1-10H,11,13H2. The second kappa shape index (κ2) is 6.75. The minimum Gasteiger partial charge on any atom is -0.330 e.